The van der Waals surface area contributed by atoms with Gasteiger partial charge >= 0.3 is 0 Å². The number of nitrogens with one attached hydrogen (secondary N) is 1. The summed E-state index contributed by atoms with van der Waals surface area (Å²) in [6.07, 6.45) is 0. The van der Waals surface area contributed by atoms with Crippen molar-refractivity contribution in [2.45, 2.75) is 19.1 Å². The molecule has 6 nitrogen and oxygen atoms in total. The molecule has 0 unspecified atom stereocenters. The minimum atomic E-state index is -1.07. The minimum Gasteiger partial charge on any atom is -0.387 e. The van der Waals surface area contributed by atoms with Gasteiger partial charge in [-0.05, 0) is 25.1 Å². The molecule has 0 aliphatic carbocycles. The number of fused-ring (bicyclic) bond motifs is 1. The average molecular weight is 426 g/mol. The van der Waals surface area contributed by atoms with Gasteiger partial charge in [0, 0.05) is 42.6 Å². The lowest BCUT2D eigenvalue weighted by molar-refractivity contribution is -0.0213. The van der Waals surface area contributed by atoms with Crippen molar-refractivity contribution in [3.05, 3.63) is 71.7 Å². The van der Waals surface area contributed by atoms with Crippen LogP contribution in [0.25, 0.3) is 10.9 Å². The highest BCUT2D eigenvalue weighted by molar-refractivity contribution is 5.98. The van der Waals surface area contributed by atoms with Gasteiger partial charge in [0.2, 0.25) is 0 Å². The summed E-state index contributed by atoms with van der Waals surface area (Å²) in [5.74, 6) is -0.602. The topological polar surface area (TPSA) is 66.7 Å². The van der Waals surface area contributed by atoms with Crippen LogP contribution in [0.3, 0.4) is 0 Å². The van der Waals surface area contributed by atoms with E-state index in [1.54, 1.807) is 25.1 Å². The second-order valence-corrected chi connectivity index (χ2v) is 8.33. The van der Waals surface area contributed by atoms with Crippen LogP contribution >= 0.6 is 0 Å². The molecule has 2 heterocycles. The highest BCUT2D eigenvalue weighted by atomic mass is 19.1. The Balaban J connectivity index is 1.52. The van der Waals surface area contributed by atoms with E-state index >= 15 is 0 Å². The van der Waals surface area contributed by atoms with E-state index in [0.29, 0.717) is 31.0 Å². The fourth-order valence-corrected chi connectivity index (χ4v) is 4.02. The van der Waals surface area contributed by atoms with Crippen molar-refractivity contribution in [1.29, 1.82) is 0 Å². The number of amides is 1. The molecule has 0 radical (unpaired) electrons. The number of halogens is 1. The molecule has 31 heavy (non-hydrogen) atoms. The number of ether oxygens (including phenoxy) is 1. The van der Waals surface area contributed by atoms with Crippen molar-refractivity contribution in [2.24, 2.45) is 0 Å². The highest BCUT2D eigenvalue weighted by Gasteiger charge is 2.27. The van der Waals surface area contributed by atoms with Crippen LogP contribution in [0.2, 0.25) is 0 Å². The summed E-state index contributed by atoms with van der Waals surface area (Å²) < 4.78 is 21.4. The molecule has 164 valence electrons. The van der Waals surface area contributed by atoms with Crippen molar-refractivity contribution in [3.8, 4) is 0 Å². The maximum atomic E-state index is 14.3. The molecular formula is C24H28FN3O3. The van der Waals surface area contributed by atoms with Gasteiger partial charge in [0.25, 0.3) is 5.91 Å². The molecule has 2 N–H and O–H groups in total. The van der Waals surface area contributed by atoms with Crippen molar-refractivity contribution in [3.63, 3.8) is 0 Å². The first-order valence-corrected chi connectivity index (χ1v) is 10.6. The molecule has 2 aromatic carbocycles. The van der Waals surface area contributed by atoms with Crippen LogP contribution in [0.4, 0.5) is 4.39 Å². The number of hydrogen-bond donors (Lipinski definition) is 2. The zero-order valence-corrected chi connectivity index (χ0v) is 17.7. The summed E-state index contributed by atoms with van der Waals surface area (Å²) in [5, 5.41) is 14.6. The van der Waals surface area contributed by atoms with E-state index in [4.69, 9.17) is 4.74 Å². The first-order valence-electron chi connectivity index (χ1n) is 10.6. The predicted molar refractivity (Wildman–Crippen MR) is 118 cm³/mol. The number of morpholine rings is 1. The van der Waals surface area contributed by atoms with E-state index in [1.807, 2.05) is 34.9 Å². The summed E-state index contributed by atoms with van der Waals surface area (Å²) in [7, 11) is 0. The number of benzene rings is 2. The normalized spacial score (nSPS) is 16.9. The predicted octanol–water partition coefficient (Wildman–Crippen LogP) is 2.64. The zero-order chi connectivity index (χ0) is 21.8. The molecule has 1 amide bonds. The molecule has 1 atom stereocenters. The molecule has 0 bridgehead atoms. The number of aromatic nitrogens is 1. The molecule has 1 saturated heterocycles. The lowest BCUT2D eigenvalue weighted by atomic mass is 10.1. The van der Waals surface area contributed by atoms with E-state index in [-0.39, 0.29) is 24.8 Å². The third-order valence-corrected chi connectivity index (χ3v) is 5.63. The van der Waals surface area contributed by atoms with Gasteiger partial charge in [0.1, 0.15) is 11.5 Å². The van der Waals surface area contributed by atoms with E-state index in [1.165, 1.54) is 6.07 Å². The number of carbonyl (C=O) groups is 1. The summed E-state index contributed by atoms with van der Waals surface area (Å²) in [6.45, 7) is 5.36. The summed E-state index contributed by atoms with van der Waals surface area (Å²) >= 11 is 0. The van der Waals surface area contributed by atoms with Crippen molar-refractivity contribution >= 4 is 16.8 Å². The number of aliphatic hydroxyl groups is 1. The monoisotopic (exact) mass is 425 g/mol. The third kappa shape index (κ3) is 5.12. The Morgan fingerprint density at radius 1 is 1.16 bits per heavy atom. The second-order valence-electron chi connectivity index (χ2n) is 8.33. The van der Waals surface area contributed by atoms with Crippen LogP contribution in [-0.2, 0) is 11.3 Å². The smallest absolute Gasteiger partial charge is 0.268 e. The summed E-state index contributed by atoms with van der Waals surface area (Å²) in [4.78, 5) is 15.2. The van der Waals surface area contributed by atoms with Gasteiger partial charge in [0.15, 0.2) is 0 Å². The average Bonchev–Trinajstić information content (AvgIpc) is 3.13. The Hall–Kier alpha value is -2.74. The summed E-state index contributed by atoms with van der Waals surface area (Å²) in [6, 6.07) is 16.0. The lowest BCUT2D eigenvalue weighted by Crippen LogP contribution is -2.51. The van der Waals surface area contributed by atoms with Gasteiger partial charge in [-0.2, -0.15) is 0 Å². The van der Waals surface area contributed by atoms with Crippen LogP contribution in [0.15, 0.2) is 54.6 Å². The third-order valence-electron chi connectivity index (χ3n) is 5.63. The maximum Gasteiger partial charge on any atom is 0.268 e. The molecule has 0 spiro atoms. The molecule has 1 fully saturated rings. The number of nitrogens with zero attached hydrogens (tertiary/aromatic N) is 2. The van der Waals surface area contributed by atoms with Crippen molar-refractivity contribution in [1.82, 2.24) is 14.8 Å². The molecular weight excluding hydrogens is 397 g/mol. The van der Waals surface area contributed by atoms with Gasteiger partial charge in [-0.1, -0.05) is 36.4 Å². The van der Waals surface area contributed by atoms with Crippen LogP contribution in [-0.4, -0.2) is 65.5 Å². The number of β-amino-alcohol motifs (C(OH)–C–C–N with tert-alkyl or cyclic N) is 1. The maximum absolute atomic E-state index is 14.3. The fourth-order valence-electron chi connectivity index (χ4n) is 4.02. The number of carbonyl (C=O) groups excluding carboxylic acids is 1. The van der Waals surface area contributed by atoms with Crippen LogP contribution in [0.1, 0.15) is 23.0 Å². The highest BCUT2D eigenvalue weighted by Crippen LogP contribution is 2.22. The Morgan fingerprint density at radius 2 is 1.87 bits per heavy atom. The van der Waals surface area contributed by atoms with E-state index < -0.39 is 5.60 Å². The molecule has 1 aliphatic heterocycles. The first kappa shape index (κ1) is 21.5. The lowest BCUT2D eigenvalue weighted by Gasteiger charge is -2.33. The minimum absolute atomic E-state index is 0.115. The molecule has 3 aromatic rings. The number of rotatable bonds is 7. The Morgan fingerprint density at radius 3 is 2.65 bits per heavy atom. The van der Waals surface area contributed by atoms with Crippen LogP contribution in [0, 0.1) is 5.82 Å². The van der Waals surface area contributed by atoms with Gasteiger partial charge in [-0.25, -0.2) is 4.39 Å². The van der Waals surface area contributed by atoms with Crippen LogP contribution < -0.4 is 5.32 Å². The molecule has 4 rings (SSSR count). The van der Waals surface area contributed by atoms with Gasteiger partial charge in [0.05, 0.1) is 25.4 Å². The molecule has 1 aromatic heterocycles. The van der Waals surface area contributed by atoms with Gasteiger partial charge in [-0.15, -0.1) is 0 Å². The van der Waals surface area contributed by atoms with Gasteiger partial charge in [-0.3, -0.25) is 9.69 Å². The SMILES string of the molecule is C[C@@](O)(CNC(=O)c1cc2ccccc2n1Cc1ccccc1F)CN1CCOCC1. The van der Waals surface area contributed by atoms with Crippen molar-refractivity contribution in [2.75, 3.05) is 39.4 Å². The van der Waals surface area contributed by atoms with E-state index in [0.717, 1.165) is 24.0 Å². The van der Waals surface area contributed by atoms with E-state index in [2.05, 4.69) is 10.2 Å². The van der Waals surface area contributed by atoms with E-state index in [9.17, 15) is 14.3 Å². The first-order chi connectivity index (χ1) is 14.9. The van der Waals surface area contributed by atoms with Crippen molar-refractivity contribution < 1.29 is 19.0 Å². The second kappa shape index (κ2) is 9.18. The zero-order valence-electron chi connectivity index (χ0n) is 17.7. The fraction of sp³-hybridized carbons (Fsp3) is 0.375. The summed E-state index contributed by atoms with van der Waals surface area (Å²) in [5.41, 5.74) is 0.731. The Kier molecular flexibility index (Phi) is 6.36. The number of para-hydroxylation sites is 1. The molecule has 0 saturated carbocycles. The Bertz CT molecular complexity index is 1060. The molecule has 7 heteroatoms. The molecule has 1 aliphatic rings. The van der Waals surface area contributed by atoms with Crippen LogP contribution in [0.5, 0.6) is 0 Å². The Labute approximate surface area is 181 Å². The standard InChI is InChI=1S/C24H28FN3O3/c1-24(30,17-27-10-12-31-13-11-27)16-26-23(29)22-14-18-6-3-5-9-21(18)28(22)15-19-7-2-4-8-20(19)25/h2-9,14,30H,10-13,15-17H2,1H3,(H,26,29)/t24-/m1/s1. The quantitative estimate of drug-likeness (QED) is 0.611. The van der Waals surface area contributed by atoms with Gasteiger partial charge < -0.3 is 19.7 Å². The number of hydrogen-bond acceptors (Lipinski definition) is 4. The largest absolute Gasteiger partial charge is 0.387 e.